The average Bonchev–Trinajstić information content (AvgIpc) is 2.68. The molecule has 0 N–H and O–H groups in total. The second-order valence-electron chi connectivity index (χ2n) is 3.52. The van der Waals surface area contributed by atoms with Crippen molar-refractivity contribution in [2.45, 2.75) is 4.83 Å². The van der Waals surface area contributed by atoms with Crippen LogP contribution in [0, 0.1) is 0 Å². The van der Waals surface area contributed by atoms with Gasteiger partial charge in [0.15, 0.2) is 0 Å². The smallest absolute Gasteiger partial charge is 0.123 e. The second kappa shape index (κ2) is 6.14. The minimum atomic E-state index is -0.0000463. The molecule has 0 bridgehead atoms. The molecule has 6 heteroatoms. The van der Waals surface area contributed by atoms with Crippen molar-refractivity contribution < 1.29 is 4.74 Å². The van der Waals surface area contributed by atoms with Crippen LogP contribution in [-0.2, 0) is 0 Å². The first-order chi connectivity index (χ1) is 8.52. The van der Waals surface area contributed by atoms with Gasteiger partial charge in [0.05, 0.1) is 11.9 Å². The van der Waals surface area contributed by atoms with Crippen molar-refractivity contribution in [3.8, 4) is 5.75 Å². The molecule has 0 spiro atoms. The molecule has 18 heavy (non-hydrogen) atoms. The third-order valence-electron chi connectivity index (χ3n) is 2.38. The zero-order valence-corrected chi connectivity index (χ0v) is 14.7. The normalized spacial score (nSPS) is 12.5. The van der Waals surface area contributed by atoms with Crippen LogP contribution in [0.2, 0.25) is 9.36 Å². The molecule has 0 aliphatic carbocycles. The summed E-state index contributed by atoms with van der Waals surface area (Å²) in [7, 11) is 1.64. The Morgan fingerprint density at radius 1 is 1.28 bits per heavy atom. The van der Waals surface area contributed by atoms with E-state index in [0.717, 1.165) is 25.0 Å². The molecule has 0 amide bonds. The molecule has 2 aromatic rings. The lowest BCUT2D eigenvalue weighted by Gasteiger charge is -2.13. The van der Waals surface area contributed by atoms with Crippen LogP contribution in [0.3, 0.4) is 0 Å². The predicted molar refractivity (Wildman–Crippen MR) is 85.8 cm³/mol. The first kappa shape index (κ1) is 14.7. The standard InChI is InChI=1S/C12H8Br2Cl2OS/c1-17-9-3-2-6(15)4-7(9)11(14)10-5-8(13)12(16)18-10/h2-5,11H,1H3. The Kier molecular flexibility index (Phi) is 5.00. The molecule has 1 nitrogen and oxygen atoms in total. The lowest BCUT2D eigenvalue weighted by atomic mass is 10.1. The number of thiophene rings is 1. The van der Waals surface area contributed by atoms with E-state index in [-0.39, 0.29) is 4.83 Å². The van der Waals surface area contributed by atoms with Crippen molar-refractivity contribution >= 4 is 66.4 Å². The molecule has 0 aliphatic heterocycles. The van der Waals surface area contributed by atoms with Crippen molar-refractivity contribution in [3.05, 3.63) is 48.5 Å². The fraction of sp³-hybridized carbons (Fsp3) is 0.167. The van der Waals surface area contributed by atoms with Crippen LogP contribution >= 0.6 is 66.4 Å². The Morgan fingerprint density at radius 2 is 2.00 bits per heavy atom. The Balaban J connectivity index is 2.44. The molecule has 1 heterocycles. The SMILES string of the molecule is COc1ccc(Cl)cc1C(Br)c1cc(Br)c(Cl)s1. The van der Waals surface area contributed by atoms with Crippen molar-refractivity contribution in [2.75, 3.05) is 7.11 Å². The van der Waals surface area contributed by atoms with Crippen LogP contribution in [0.5, 0.6) is 5.75 Å². The molecular formula is C12H8Br2Cl2OS. The van der Waals surface area contributed by atoms with Gasteiger partial charge in [0, 0.05) is 19.9 Å². The number of benzene rings is 1. The summed E-state index contributed by atoms with van der Waals surface area (Å²) >= 11 is 20.7. The molecular weight excluding hydrogens is 423 g/mol. The first-order valence-electron chi connectivity index (χ1n) is 4.95. The molecule has 96 valence electrons. The largest absolute Gasteiger partial charge is 0.496 e. The lowest BCUT2D eigenvalue weighted by molar-refractivity contribution is 0.410. The monoisotopic (exact) mass is 428 g/mol. The Labute approximate surface area is 136 Å². The zero-order valence-electron chi connectivity index (χ0n) is 9.22. The highest BCUT2D eigenvalue weighted by molar-refractivity contribution is 9.10. The minimum absolute atomic E-state index is 0.0000463. The summed E-state index contributed by atoms with van der Waals surface area (Å²) in [5, 5.41) is 0.678. The molecule has 0 radical (unpaired) electrons. The molecule has 0 saturated carbocycles. The van der Waals surface area contributed by atoms with Crippen molar-refractivity contribution in [1.82, 2.24) is 0 Å². The van der Waals surface area contributed by atoms with E-state index in [1.165, 1.54) is 11.3 Å². The highest BCUT2D eigenvalue weighted by Gasteiger charge is 2.19. The average molecular weight is 431 g/mol. The molecule has 1 aromatic carbocycles. The zero-order chi connectivity index (χ0) is 13.3. The van der Waals surface area contributed by atoms with E-state index in [9.17, 15) is 0 Å². The van der Waals surface area contributed by atoms with Gasteiger partial charge in [-0.1, -0.05) is 39.1 Å². The summed E-state index contributed by atoms with van der Waals surface area (Å²) < 4.78 is 6.98. The van der Waals surface area contributed by atoms with Crippen molar-refractivity contribution in [2.24, 2.45) is 0 Å². The van der Waals surface area contributed by atoms with Gasteiger partial charge in [0.1, 0.15) is 10.1 Å². The number of halogens is 4. The maximum atomic E-state index is 6.06. The fourth-order valence-electron chi connectivity index (χ4n) is 1.54. The fourth-order valence-corrected chi connectivity index (χ4v) is 4.23. The van der Waals surface area contributed by atoms with Crippen molar-refractivity contribution in [3.63, 3.8) is 0 Å². The van der Waals surface area contributed by atoms with E-state index in [0.29, 0.717) is 5.02 Å². The molecule has 1 aromatic heterocycles. The van der Waals surface area contributed by atoms with E-state index in [4.69, 9.17) is 27.9 Å². The van der Waals surface area contributed by atoms with E-state index in [1.807, 2.05) is 18.2 Å². The number of rotatable bonds is 3. The summed E-state index contributed by atoms with van der Waals surface area (Å²) in [6, 6.07) is 7.55. The summed E-state index contributed by atoms with van der Waals surface area (Å²) in [5.41, 5.74) is 0.982. The molecule has 1 unspecified atom stereocenters. The third kappa shape index (κ3) is 3.05. The molecule has 2 rings (SSSR count). The van der Waals surface area contributed by atoms with Crippen LogP contribution in [0.25, 0.3) is 0 Å². The molecule has 0 aliphatic rings. The quantitative estimate of drug-likeness (QED) is 0.518. The highest BCUT2D eigenvalue weighted by Crippen LogP contribution is 2.44. The Bertz CT molecular complexity index is 552. The maximum Gasteiger partial charge on any atom is 0.123 e. The Hall–Kier alpha value is 0.260. The lowest BCUT2D eigenvalue weighted by Crippen LogP contribution is -1.95. The van der Waals surface area contributed by atoms with Gasteiger partial charge in [-0.25, -0.2) is 0 Å². The predicted octanol–water partition coefficient (Wildman–Crippen LogP) is 6.31. The summed E-state index contributed by atoms with van der Waals surface area (Å²) in [5.74, 6) is 0.793. The number of alkyl halides is 1. The summed E-state index contributed by atoms with van der Waals surface area (Å²) in [4.78, 5) is 1.09. The number of ether oxygens (including phenoxy) is 1. The van der Waals surface area contributed by atoms with E-state index >= 15 is 0 Å². The minimum Gasteiger partial charge on any atom is -0.496 e. The maximum absolute atomic E-state index is 6.06. The summed E-state index contributed by atoms with van der Waals surface area (Å²) in [6.07, 6.45) is 0. The van der Waals surface area contributed by atoms with Gasteiger partial charge in [-0.2, -0.15) is 0 Å². The topological polar surface area (TPSA) is 9.23 Å². The van der Waals surface area contributed by atoms with E-state index in [1.54, 1.807) is 13.2 Å². The first-order valence-corrected chi connectivity index (χ1v) is 8.23. The number of hydrogen-bond acceptors (Lipinski definition) is 2. The highest BCUT2D eigenvalue weighted by atomic mass is 79.9. The second-order valence-corrected chi connectivity index (χ2v) is 7.41. The van der Waals surface area contributed by atoms with E-state index < -0.39 is 0 Å². The summed E-state index contributed by atoms with van der Waals surface area (Å²) in [6.45, 7) is 0. The van der Waals surface area contributed by atoms with Gasteiger partial charge in [-0.05, 0) is 40.2 Å². The number of methoxy groups -OCH3 is 1. The van der Waals surface area contributed by atoms with Crippen LogP contribution in [0.1, 0.15) is 15.3 Å². The van der Waals surface area contributed by atoms with Crippen LogP contribution < -0.4 is 4.74 Å². The van der Waals surface area contributed by atoms with Crippen LogP contribution in [0.15, 0.2) is 28.7 Å². The number of hydrogen-bond donors (Lipinski definition) is 0. The Morgan fingerprint density at radius 3 is 2.56 bits per heavy atom. The van der Waals surface area contributed by atoms with Gasteiger partial charge in [0.25, 0.3) is 0 Å². The van der Waals surface area contributed by atoms with Gasteiger partial charge in [-0.3, -0.25) is 0 Å². The van der Waals surface area contributed by atoms with Gasteiger partial charge in [0.2, 0.25) is 0 Å². The van der Waals surface area contributed by atoms with Crippen LogP contribution in [0.4, 0.5) is 0 Å². The van der Waals surface area contributed by atoms with Gasteiger partial charge >= 0.3 is 0 Å². The van der Waals surface area contributed by atoms with E-state index in [2.05, 4.69) is 31.9 Å². The van der Waals surface area contributed by atoms with Crippen molar-refractivity contribution in [1.29, 1.82) is 0 Å². The molecule has 0 saturated heterocycles. The third-order valence-corrected chi connectivity index (χ3v) is 6.44. The molecule has 0 fully saturated rings. The molecule has 1 atom stereocenters. The van der Waals surface area contributed by atoms with Gasteiger partial charge in [-0.15, -0.1) is 11.3 Å². The van der Waals surface area contributed by atoms with Gasteiger partial charge < -0.3 is 4.74 Å². The van der Waals surface area contributed by atoms with Crippen LogP contribution in [-0.4, -0.2) is 7.11 Å².